The third kappa shape index (κ3) is 3.35. The van der Waals surface area contributed by atoms with Crippen molar-refractivity contribution in [2.75, 3.05) is 5.32 Å². The van der Waals surface area contributed by atoms with Gasteiger partial charge in [0.2, 0.25) is 0 Å². The second-order valence-electron chi connectivity index (χ2n) is 4.95. The Balaban J connectivity index is 1.82. The summed E-state index contributed by atoms with van der Waals surface area (Å²) in [5, 5.41) is 12.7. The van der Waals surface area contributed by atoms with E-state index in [0.717, 1.165) is 0 Å². The Morgan fingerprint density at radius 2 is 2.09 bits per heavy atom. The third-order valence-electron chi connectivity index (χ3n) is 3.26. The fourth-order valence-corrected chi connectivity index (χ4v) is 2.25. The number of phenols is 1. The van der Waals surface area contributed by atoms with E-state index in [4.69, 9.17) is 16.0 Å². The number of aryl methyl sites for hydroxylation is 1. The molecule has 3 aromatic rings. The summed E-state index contributed by atoms with van der Waals surface area (Å²) in [6.45, 7) is 1.77. The van der Waals surface area contributed by atoms with Crippen LogP contribution in [0, 0.1) is 6.92 Å². The molecule has 0 aliphatic carbocycles. The highest BCUT2D eigenvalue weighted by atomic mass is 35.5. The molecule has 0 bridgehead atoms. The SMILES string of the molecule is Cc1ncc(Cl)cc1NC(=O)c1ccc(-c2cccc(O)c2)o1. The Morgan fingerprint density at radius 3 is 2.87 bits per heavy atom. The van der Waals surface area contributed by atoms with E-state index in [1.165, 1.54) is 6.20 Å². The van der Waals surface area contributed by atoms with E-state index in [1.807, 2.05) is 0 Å². The first-order valence-electron chi connectivity index (χ1n) is 6.85. The number of aromatic nitrogens is 1. The van der Waals surface area contributed by atoms with Crippen LogP contribution >= 0.6 is 11.6 Å². The predicted octanol–water partition coefficient (Wildman–Crippen LogP) is 4.26. The Hall–Kier alpha value is -2.79. The van der Waals surface area contributed by atoms with Crippen LogP contribution in [0.4, 0.5) is 5.69 Å². The Kier molecular flexibility index (Phi) is 4.04. The zero-order chi connectivity index (χ0) is 16.4. The van der Waals surface area contributed by atoms with Crippen molar-refractivity contribution >= 4 is 23.2 Å². The number of rotatable bonds is 3. The van der Waals surface area contributed by atoms with Crippen molar-refractivity contribution in [2.45, 2.75) is 6.92 Å². The van der Waals surface area contributed by atoms with Gasteiger partial charge in [0.05, 0.1) is 16.4 Å². The van der Waals surface area contributed by atoms with Crippen LogP contribution in [0.1, 0.15) is 16.2 Å². The van der Waals surface area contributed by atoms with Gasteiger partial charge in [0, 0.05) is 11.8 Å². The molecule has 116 valence electrons. The van der Waals surface area contributed by atoms with Gasteiger partial charge in [0.1, 0.15) is 11.5 Å². The molecule has 0 unspecified atom stereocenters. The largest absolute Gasteiger partial charge is 0.508 e. The van der Waals surface area contributed by atoms with E-state index >= 15 is 0 Å². The van der Waals surface area contributed by atoms with Crippen LogP contribution in [0.5, 0.6) is 5.75 Å². The van der Waals surface area contributed by atoms with E-state index in [9.17, 15) is 9.90 Å². The van der Waals surface area contributed by atoms with Gasteiger partial charge in [-0.15, -0.1) is 0 Å². The molecule has 2 aromatic heterocycles. The Bertz CT molecular complexity index is 874. The monoisotopic (exact) mass is 328 g/mol. The van der Waals surface area contributed by atoms with Crippen LogP contribution in [-0.4, -0.2) is 16.0 Å². The van der Waals surface area contributed by atoms with Crippen molar-refractivity contribution < 1.29 is 14.3 Å². The van der Waals surface area contributed by atoms with Crippen molar-refractivity contribution in [1.29, 1.82) is 0 Å². The molecule has 0 atom stereocenters. The predicted molar refractivity (Wildman–Crippen MR) is 87.7 cm³/mol. The van der Waals surface area contributed by atoms with E-state index in [2.05, 4.69) is 10.3 Å². The van der Waals surface area contributed by atoms with E-state index in [0.29, 0.717) is 27.7 Å². The van der Waals surface area contributed by atoms with Crippen LogP contribution in [-0.2, 0) is 0 Å². The number of halogens is 1. The lowest BCUT2D eigenvalue weighted by molar-refractivity contribution is 0.0997. The number of furan rings is 1. The fraction of sp³-hybridized carbons (Fsp3) is 0.0588. The fourth-order valence-electron chi connectivity index (χ4n) is 2.09. The van der Waals surface area contributed by atoms with Crippen LogP contribution in [0.2, 0.25) is 5.02 Å². The first-order chi connectivity index (χ1) is 11.0. The van der Waals surface area contributed by atoms with Crippen molar-refractivity contribution in [1.82, 2.24) is 4.98 Å². The maximum Gasteiger partial charge on any atom is 0.291 e. The van der Waals surface area contributed by atoms with Crippen molar-refractivity contribution in [3.63, 3.8) is 0 Å². The summed E-state index contributed by atoms with van der Waals surface area (Å²) in [4.78, 5) is 16.3. The van der Waals surface area contributed by atoms with Crippen molar-refractivity contribution in [3.8, 4) is 17.1 Å². The lowest BCUT2D eigenvalue weighted by Crippen LogP contribution is -2.12. The molecule has 0 spiro atoms. The quantitative estimate of drug-likeness (QED) is 0.753. The summed E-state index contributed by atoms with van der Waals surface area (Å²) in [6.07, 6.45) is 1.51. The number of pyridine rings is 1. The van der Waals surface area contributed by atoms with Gasteiger partial charge >= 0.3 is 0 Å². The van der Waals surface area contributed by atoms with Gasteiger partial charge in [-0.25, -0.2) is 0 Å². The highest BCUT2D eigenvalue weighted by Crippen LogP contribution is 2.26. The van der Waals surface area contributed by atoms with Gasteiger partial charge in [-0.3, -0.25) is 9.78 Å². The van der Waals surface area contributed by atoms with Crippen LogP contribution in [0.15, 0.2) is 53.1 Å². The second-order valence-corrected chi connectivity index (χ2v) is 5.39. The average Bonchev–Trinajstić information content (AvgIpc) is 3.01. The highest BCUT2D eigenvalue weighted by Gasteiger charge is 2.14. The number of aromatic hydroxyl groups is 1. The number of benzene rings is 1. The third-order valence-corrected chi connectivity index (χ3v) is 3.47. The van der Waals surface area contributed by atoms with Crippen molar-refractivity contribution in [3.05, 3.63) is 65.1 Å². The number of phenolic OH excluding ortho intramolecular Hbond substituents is 1. The van der Waals surface area contributed by atoms with Gasteiger partial charge in [0.15, 0.2) is 5.76 Å². The lowest BCUT2D eigenvalue weighted by atomic mass is 10.2. The summed E-state index contributed by atoms with van der Waals surface area (Å²) in [5.41, 5.74) is 1.87. The molecule has 0 aliphatic heterocycles. The molecule has 0 fully saturated rings. The second kappa shape index (κ2) is 6.14. The molecule has 1 aromatic carbocycles. The van der Waals surface area contributed by atoms with E-state index in [1.54, 1.807) is 49.4 Å². The summed E-state index contributed by atoms with van der Waals surface area (Å²) >= 11 is 5.88. The molecule has 0 aliphatic rings. The maximum atomic E-state index is 12.3. The van der Waals surface area contributed by atoms with Gasteiger partial charge in [-0.1, -0.05) is 23.7 Å². The first kappa shape index (κ1) is 15.1. The summed E-state index contributed by atoms with van der Waals surface area (Å²) in [5.74, 6) is 0.379. The molecule has 0 saturated carbocycles. The maximum absolute atomic E-state index is 12.3. The molecule has 1 amide bonds. The lowest BCUT2D eigenvalue weighted by Gasteiger charge is -2.06. The minimum absolute atomic E-state index is 0.130. The van der Waals surface area contributed by atoms with Crippen LogP contribution in [0.25, 0.3) is 11.3 Å². The van der Waals surface area contributed by atoms with Gasteiger partial charge in [-0.05, 0) is 37.3 Å². The van der Waals surface area contributed by atoms with Gasteiger partial charge in [0.25, 0.3) is 5.91 Å². The summed E-state index contributed by atoms with van der Waals surface area (Å²) < 4.78 is 5.55. The molecule has 5 nitrogen and oxygen atoms in total. The summed E-state index contributed by atoms with van der Waals surface area (Å²) in [6, 6.07) is 11.5. The zero-order valence-corrected chi connectivity index (χ0v) is 13.0. The molecular formula is C17H13ClN2O3. The molecular weight excluding hydrogens is 316 g/mol. The average molecular weight is 329 g/mol. The molecule has 0 radical (unpaired) electrons. The normalized spacial score (nSPS) is 10.5. The van der Waals surface area contributed by atoms with Crippen LogP contribution < -0.4 is 5.32 Å². The van der Waals surface area contributed by atoms with Gasteiger partial charge < -0.3 is 14.8 Å². The number of hydrogen-bond donors (Lipinski definition) is 2. The topological polar surface area (TPSA) is 75.4 Å². The number of carbonyl (C=O) groups excluding carboxylic acids is 1. The van der Waals surface area contributed by atoms with E-state index < -0.39 is 5.91 Å². The number of carbonyl (C=O) groups is 1. The smallest absolute Gasteiger partial charge is 0.291 e. The summed E-state index contributed by atoms with van der Waals surface area (Å²) in [7, 11) is 0. The number of amides is 1. The number of anilines is 1. The Morgan fingerprint density at radius 1 is 1.26 bits per heavy atom. The molecule has 2 N–H and O–H groups in total. The number of hydrogen-bond acceptors (Lipinski definition) is 4. The number of nitrogens with zero attached hydrogens (tertiary/aromatic N) is 1. The molecule has 0 saturated heterocycles. The van der Waals surface area contributed by atoms with E-state index in [-0.39, 0.29) is 11.5 Å². The minimum Gasteiger partial charge on any atom is -0.508 e. The molecule has 23 heavy (non-hydrogen) atoms. The molecule has 3 rings (SSSR count). The standard InChI is InChI=1S/C17H13ClN2O3/c1-10-14(8-12(18)9-19-10)20-17(22)16-6-5-15(23-16)11-3-2-4-13(21)7-11/h2-9,21H,1H3,(H,20,22). The highest BCUT2D eigenvalue weighted by molar-refractivity contribution is 6.30. The van der Waals surface area contributed by atoms with Crippen LogP contribution in [0.3, 0.4) is 0 Å². The first-order valence-corrected chi connectivity index (χ1v) is 7.23. The zero-order valence-electron chi connectivity index (χ0n) is 12.2. The van der Waals surface area contributed by atoms with Gasteiger partial charge in [-0.2, -0.15) is 0 Å². The molecule has 6 heteroatoms. The van der Waals surface area contributed by atoms with Crippen molar-refractivity contribution in [2.24, 2.45) is 0 Å². The molecule has 2 heterocycles. The number of nitrogens with one attached hydrogen (secondary N) is 1. The Labute approximate surface area is 137 Å². The minimum atomic E-state index is -0.399.